The number of carbonyl (C=O) groups is 1. The van der Waals surface area contributed by atoms with Crippen LogP contribution in [0.15, 0.2) is 59.0 Å². The molecule has 0 saturated carbocycles. The molecule has 3 nitrogen and oxygen atoms in total. The Morgan fingerprint density at radius 3 is 2.57 bits per heavy atom. The van der Waals surface area contributed by atoms with Crippen molar-refractivity contribution in [3.05, 3.63) is 71.5 Å². The highest BCUT2D eigenvalue weighted by molar-refractivity contribution is 5.96. The molecule has 0 spiro atoms. The maximum Gasteiger partial charge on any atom is 0.289 e. The molecule has 0 aliphatic heterocycles. The van der Waals surface area contributed by atoms with Gasteiger partial charge in [0.1, 0.15) is 5.58 Å². The quantitative estimate of drug-likeness (QED) is 0.725. The molecule has 0 unspecified atom stereocenters. The van der Waals surface area contributed by atoms with Gasteiger partial charge in [-0.25, -0.2) is 0 Å². The Morgan fingerprint density at radius 1 is 1.10 bits per heavy atom. The molecule has 1 aromatic heterocycles. The third-order valence-corrected chi connectivity index (χ3v) is 3.56. The summed E-state index contributed by atoms with van der Waals surface area (Å²) < 4.78 is 5.73. The van der Waals surface area contributed by atoms with Crippen molar-refractivity contribution in [2.45, 2.75) is 13.5 Å². The normalized spacial score (nSPS) is 10.8. The summed E-state index contributed by atoms with van der Waals surface area (Å²) in [5, 5.41) is 0.964. The minimum absolute atomic E-state index is 0.102. The van der Waals surface area contributed by atoms with Gasteiger partial charge in [0, 0.05) is 19.0 Å². The molecule has 0 saturated heterocycles. The lowest BCUT2D eigenvalue weighted by Gasteiger charge is -2.15. The fraction of sp³-hybridized carbons (Fsp3) is 0.167. The van der Waals surface area contributed by atoms with Crippen molar-refractivity contribution in [3.63, 3.8) is 0 Å². The first-order valence-electron chi connectivity index (χ1n) is 6.94. The molecular formula is C18H17NO2. The molecule has 0 radical (unpaired) electrons. The molecule has 2 aromatic carbocycles. The second-order valence-corrected chi connectivity index (χ2v) is 5.25. The van der Waals surface area contributed by atoms with Crippen molar-refractivity contribution < 1.29 is 9.21 Å². The number of rotatable bonds is 3. The van der Waals surface area contributed by atoms with Crippen LogP contribution < -0.4 is 0 Å². The van der Waals surface area contributed by atoms with Gasteiger partial charge in [-0.3, -0.25) is 4.79 Å². The Kier molecular flexibility index (Phi) is 3.48. The number of benzene rings is 2. The van der Waals surface area contributed by atoms with Gasteiger partial charge in [0.25, 0.3) is 5.91 Å². The summed E-state index contributed by atoms with van der Waals surface area (Å²) >= 11 is 0. The molecule has 3 rings (SSSR count). The lowest BCUT2D eigenvalue weighted by molar-refractivity contribution is 0.0756. The van der Waals surface area contributed by atoms with Crippen LogP contribution in [-0.2, 0) is 6.54 Å². The van der Waals surface area contributed by atoms with Gasteiger partial charge >= 0.3 is 0 Å². The van der Waals surface area contributed by atoms with E-state index in [1.54, 1.807) is 11.9 Å². The summed E-state index contributed by atoms with van der Waals surface area (Å²) in [5.41, 5.74) is 2.92. The molecule has 0 aliphatic carbocycles. The van der Waals surface area contributed by atoms with Crippen LogP contribution in [0.5, 0.6) is 0 Å². The summed E-state index contributed by atoms with van der Waals surface area (Å²) in [7, 11) is 1.79. The first kappa shape index (κ1) is 13.4. The lowest BCUT2D eigenvalue weighted by Crippen LogP contribution is -2.25. The standard InChI is InChI=1S/C18H17NO2/c1-13-7-6-10-15-11-16(21-17(13)15)18(20)19(2)12-14-8-4-3-5-9-14/h3-11H,12H2,1-2H3. The summed E-state index contributed by atoms with van der Waals surface area (Å²) in [5.74, 6) is 0.284. The number of para-hydroxylation sites is 1. The maximum atomic E-state index is 12.5. The van der Waals surface area contributed by atoms with Gasteiger partial charge in [-0.05, 0) is 24.1 Å². The summed E-state index contributed by atoms with van der Waals surface area (Å²) in [4.78, 5) is 14.1. The number of carbonyl (C=O) groups excluding carboxylic acids is 1. The number of furan rings is 1. The number of amides is 1. The Morgan fingerprint density at radius 2 is 1.86 bits per heavy atom. The zero-order valence-corrected chi connectivity index (χ0v) is 12.2. The van der Waals surface area contributed by atoms with Crippen LogP contribution in [0, 0.1) is 6.92 Å². The smallest absolute Gasteiger partial charge is 0.289 e. The van der Waals surface area contributed by atoms with E-state index in [1.807, 2.05) is 61.5 Å². The average Bonchev–Trinajstić information content (AvgIpc) is 2.93. The monoisotopic (exact) mass is 279 g/mol. The third-order valence-electron chi connectivity index (χ3n) is 3.56. The molecule has 21 heavy (non-hydrogen) atoms. The Labute approximate surface area is 123 Å². The highest BCUT2D eigenvalue weighted by Gasteiger charge is 2.17. The number of aryl methyl sites for hydroxylation is 1. The Hall–Kier alpha value is -2.55. The third kappa shape index (κ3) is 2.68. The first-order chi connectivity index (χ1) is 10.1. The van der Waals surface area contributed by atoms with Gasteiger partial charge in [-0.2, -0.15) is 0 Å². The molecule has 0 bridgehead atoms. The number of hydrogen-bond acceptors (Lipinski definition) is 2. The Balaban J connectivity index is 1.84. The maximum absolute atomic E-state index is 12.5. The van der Waals surface area contributed by atoms with E-state index in [0.29, 0.717) is 12.3 Å². The highest BCUT2D eigenvalue weighted by atomic mass is 16.3. The van der Waals surface area contributed by atoms with E-state index < -0.39 is 0 Å². The molecule has 0 N–H and O–H groups in total. The van der Waals surface area contributed by atoms with Crippen LogP contribution in [0.3, 0.4) is 0 Å². The van der Waals surface area contributed by atoms with Crippen LogP contribution in [0.4, 0.5) is 0 Å². The largest absolute Gasteiger partial charge is 0.451 e. The predicted molar refractivity (Wildman–Crippen MR) is 83.2 cm³/mol. The number of hydrogen-bond donors (Lipinski definition) is 0. The SMILES string of the molecule is Cc1cccc2cc(C(=O)N(C)Cc3ccccc3)oc12. The second kappa shape index (κ2) is 5.44. The van der Waals surface area contributed by atoms with E-state index in [1.165, 1.54) is 0 Å². The highest BCUT2D eigenvalue weighted by Crippen LogP contribution is 2.23. The minimum atomic E-state index is -0.102. The molecule has 3 aromatic rings. The van der Waals surface area contributed by atoms with Gasteiger partial charge in [-0.15, -0.1) is 0 Å². The van der Waals surface area contributed by atoms with Gasteiger partial charge in [-0.1, -0.05) is 48.5 Å². The summed E-state index contributed by atoms with van der Waals surface area (Å²) in [6.07, 6.45) is 0. The molecule has 3 heteroatoms. The van der Waals surface area contributed by atoms with Gasteiger partial charge in [0.05, 0.1) is 0 Å². The summed E-state index contributed by atoms with van der Waals surface area (Å²) in [6, 6.07) is 17.6. The topological polar surface area (TPSA) is 33.5 Å². The lowest BCUT2D eigenvalue weighted by atomic mass is 10.2. The van der Waals surface area contributed by atoms with Crippen molar-refractivity contribution in [1.82, 2.24) is 4.90 Å². The van der Waals surface area contributed by atoms with Crippen molar-refractivity contribution in [2.24, 2.45) is 0 Å². The fourth-order valence-electron chi connectivity index (χ4n) is 2.43. The van der Waals surface area contributed by atoms with Crippen molar-refractivity contribution in [3.8, 4) is 0 Å². The minimum Gasteiger partial charge on any atom is -0.451 e. The van der Waals surface area contributed by atoms with Crippen molar-refractivity contribution in [2.75, 3.05) is 7.05 Å². The zero-order valence-electron chi connectivity index (χ0n) is 12.2. The predicted octanol–water partition coefficient (Wildman–Crippen LogP) is 4.01. The molecule has 0 atom stereocenters. The van der Waals surface area contributed by atoms with Gasteiger partial charge < -0.3 is 9.32 Å². The van der Waals surface area contributed by atoms with E-state index in [-0.39, 0.29) is 5.91 Å². The van der Waals surface area contributed by atoms with E-state index in [4.69, 9.17) is 4.42 Å². The molecule has 0 fully saturated rings. The first-order valence-corrected chi connectivity index (χ1v) is 6.94. The fourth-order valence-corrected chi connectivity index (χ4v) is 2.43. The van der Waals surface area contributed by atoms with Gasteiger partial charge in [0.2, 0.25) is 0 Å². The molecule has 106 valence electrons. The van der Waals surface area contributed by atoms with E-state index in [2.05, 4.69) is 0 Å². The van der Waals surface area contributed by atoms with Gasteiger partial charge in [0.15, 0.2) is 5.76 Å². The average molecular weight is 279 g/mol. The zero-order chi connectivity index (χ0) is 14.8. The van der Waals surface area contributed by atoms with Crippen LogP contribution >= 0.6 is 0 Å². The van der Waals surface area contributed by atoms with Crippen LogP contribution in [0.2, 0.25) is 0 Å². The van der Waals surface area contributed by atoms with Crippen molar-refractivity contribution in [1.29, 1.82) is 0 Å². The molecular weight excluding hydrogens is 262 g/mol. The second-order valence-electron chi connectivity index (χ2n) is 5.25. The number of nitrogens with zero attached hydrogens (tertiary/aromatic N) is 1. The molecule has 1 heterocycles. The van der Waals surface area contributed by atoms with E-state index in [0.717, 1.165) is 22.1 Å². The summed E-state index contributed by atoms with van der Waals surface area (Å²) in [6.45, 7) is 2.55. The van der Waals surface area contributed by atoms with Crippen molar-refractivity contribution >= 4 is 16.9 Å². The van der Waals surface area contributed by atoms with E-state index in [9.17, 15) is 4.79 Å². The Bertz CT molecular complexity index is 774. The van der Waals surface area contributed by atoms with Crippen LogP contribution in [0.25, 0.3) is 11.0 Å². The molecule has 0 aliphatic rings. The number of fused-ring (bicyclic) bond motifs is 1. The molecule has 1 amide bonds. The van der Waals surface area contributed by atoms with Crippen LogP contribution in [0.1, 0.15) is 21.7 Å². The van der Waals surface area contributed by atoms with E-state index >= 15 is 0 Å². The van der Waals surface area contributed by atoms with Crippen LogP contribution in [-0.4, -0.2) is 17.9 Å².